The molecule has 0 atom stereocenters. The van der Waals surface area contributed by atoms with Gasteiger partial charge in [0.25, 0.3) is 0 Å². The topological polar surface area (TPSA) is 34.9 Å². The fraction of sp³-hybridized carbons (Fsp3) is 0. The van der Waals surface area contributed by atoms with Gasteiger partial charge in [-0.25, -0.2) is 0 Å². The van der Waals surface area contributed by atoms with E-state index in [-0.39, 0.29) is 0 Å². The maximum atomic E-state index is 10.6. The predicted octanol–water partition coefficient (Wildman–Crippen LogP) is 2.01. The Labute approximate surface area is 77.4 Å². The molecule has 0 bridgehead atoms. The van der Waals surface area contributed by atoms with Crippen molar-refractivity contribution in [3.05, 3.63) is 30.2 Å². The van der Waals surface area contributed by atoms with E-state index in [1.807, 2.05) is 6.07 Å². The van der Waals surface area contributed by atoms with Gasteiger partial charge < -0.3 is 0 Å². The number of aldehydes is 1. The van der Waals surface area contributed by atoms with Gasteiger partial charge >= 0.3 is 0 Å². The van der Waals surface area contributed by atoms with Crippen molar-refractivity contribution in [1.82, 2.24) is 8.58 Å². The third-order valence-electron chi connectivity index (χ3n) is 1.72. The number of carbonyl (C=O) groups is 1. The van der Waals surface area contributed by atoms with E-state index >= 15 is 0 Å². The third-order valence-corrected chi connectivity index (χ3v) is 2.31. The second kappa shape index (κ2) is 2.71. The standard InChI is InChI=1S/C8H5BrN2O/c9-11-4-6(5-12)7-3-10-2-1-8(7)11/h1-5H. The van der Waals surface area contributed by atoms with Crippen molar-refractivity contribution in [2.75, 3.05) is 0 Å². The smallest absolute Gasteiger partial charge is 0.152 e. The Morgan fingerprint density at radius 1 is 1.58 bits per heavy atom. The predicted molar refractivity (Wildman–Crippen MR) is 49.4 cm³/mol. The van der Waals surface area contributed by atoms with Crippen LogP contribution in [-0.4, -0.2) is 14.9 Å². The van der Waals surface area contributed by atoms with Crippen LogP contribution in [0.2, 0.25) is 0 Å². The van der Waals surface area contributed by atoms with E-state index in [1.54, 1.807) is 22.2 Å². The highest BCUT2D eigenvalue weighted by Crippen LogP contribution is 2.20. The number of carbonyl (C=O) groups excluding carboxylic acids is 1. The van der Waals surface area contributed by atoms with Crippen LogP contribution in [0.1, 0.15) is 10.4 Å². The van der Waals surface area contributed by atoms with Gasteiger partial charge in [0.2, 0.25) is 0 Å². The maximum Gasteiger partial charge on any atom is 0.152 e. The Bertz CT molecular complexity index is 436. The molecule has 0 N–H and O–H groups in total. The van der Waals surface area contributed by atoms with Gasteiger partial charge in [-0.2, -0.15) is 0 Å². The molecule has 0 unspecified atom stereocenters. The van der Waals surface area contributed by atoms with E-state index in [0.717, 1.165) is 17.2 Å². The zero-order chi connectivity index (χ0) is 8.55. The summed E-state index contributed by atoms with van der Waals surface area (Å²) in [4.78, 5) is 14.5. The Balaban J connectivity index is 2.91. The summed E-state index contributed by atoms with van der Waals surface area (Å²) < 4.78 is 1.73. The van der Waals surface area contributed by atoms with Crippen LogP contribution in [0.15, 0.2) is 24.7 Å². The molecular weight excluding hydrogens is 220 g/mol. The average Bonchev–Trinajstić information content (AvgIpc) is 2.44. The maximum absolute atomic E-state index is 10.6. The summed E-state index contributed by atoms with van der Waals surface area (Å²) in [6.07, 6.45) is 5.91. The van der Waals surface area contributed by atoms with Gasteiger partial charge in [0, 0.05) is 29.5 Å². The van der Waals surface area contributed by atoms with Crippen molar-refractivity contribution >= 4 is 33.3 Å². The quantitative estimate of drug-likeness (QED) is 0.695. The lowest BCUT2D eigenvalue weighted by molar-refractivity contribution is 0.112. The van der Waals surface area contributed by atoms with Crippen molar-refractivity contribution in [3.63, 3.8) is 0 Å². The molecule has 0 saturated carbocycles. The molecule has 60 valence electrons. The molecule has 2 rings (SSSR count). The van der Waals surface area contributed by atoms with E-state index in [9.17, 15) is 4.79 Å². The van der Waals surface area contributed by atoms with Crippen LogP contribution in [0.5, 0.6) is 0 Å². The molecule has 0 spiro atoms. The first-order chi connectivity index (χ1) is 5.83. The second-order valence-electron chi connectivity index (χ2n) is 2.41. The summed E-state index contributed by atoms with van der Waals surface area (Å²) in [5, 5.41) is 0.865. The molecule has 2 aromatic rings. The molecule has 4 heteroatoms. The lowest BCUT2D eigenvalue weighted by Gasteiger charge is -1.89. The minimum absolute atomic E-state index is 0.648. The van der Waals surface area contributed by atoms with Crippen molar-refractivity contribution in [3.8, 4) is 0 Å². The summed E-state index contributed by atoms with van der Waals surface area (Å²) in [5.74, 6) is 0. The third kappa shape index (κ3) is 0.956. The molecule has 2 aromatic heterocycles. The highest BCUT2D eigenvalue weighted by atomic mass is 79.9. The number of hydrogen-bond acceptors (Lipinski definition) is 2. The molecule has 0 radical (unpaired) electrons. The summed E-state index contributed by atoms with van der Waals surface area (Å²) in [7, 11) is 0. The largest absolute Gasteiger partial charge is 0.298 e. The number of fused-ring (bicyclic) bond motifs is 1. The van der Waals surface area contributed by atoms with Gasteiger partial charge in [-0.1, -0.05) is 0 Å². The van der Waals surface area contributed by atoms with Gasteiger partial charge in [-0.05, 0) is 6.07 Å². The molecule has 3 nitrogen and oxygen atoms in total. The fourth-order valence-electron chi connectivity index (χ4n) is 1.15. The van der Waals surface area contributed by atoms with E-state index in [1.165, 1.54) is 0 Å². The molecule has 0 fully saturated rings. The highest BCUT2D eigenvalue weighted by Gasteiger charge is 2.04. The Kier molecular flexibility index (Phi) is 1.69. The summed E-state index contributed by atoms with van der Waals surface area (Å²) in [5.41, 5.74) is 1.60. The lowest BCUT2D eigenvalue weighted by Crippen LogP contribution is -1.75. The first-order valence-electron chi connectivity index (χ1n) is 3.39. The number of rotatable bonds is 1. The highest BCUT2D eigenvalue weighted by molar-refractivity contribution is 9.08. The molecule has 0 saturated heterocycles. The van der Waals surface area contributed by atoms with Crippen LogP contribution in [0, 0.1) is 0 Å². The van der Waals surface area contributed by atoms with Crippen molar-refractivity contribution in [1.29, 1.82) is 0 Å². The van der Waals surface area contributed by atoms with E-state index in [4.69, 9.17) is 0 Å². The first kappa shape index (κ1) is 7.49. The van der Waals surface area contributed by atoms with Crippen LogP contribution in [0.3, 0.4) is 0 Å². The summed E-state index contributed by atoms with van der Waals surface area (Å²) in [6, 6.07) is 1.84. The summed E-state index contributed by atoms with van der Waals surface area (Å²) >= 11 is 3.29. The summed E-state index contributed by atoms with van der Waals surface area (Å²) in [6.45, 7) is 0. The zero-order valence-corrected chi connectivity index (χ0v) is 7.65. The SMILES string of the molecule is O=Cc1cn(Br)c2ccncc12. The molecule has 0 aliphatic heterocycles. The number of aromatic nitrogens is 2. The second-order valence-corrected chi connectivity index (χ2v) is 3.17. The molecule has 0 aliphatic carbocycles. The van der Waals surface area contributed by atoms with Crippen LogP contribution in [-0.2, 0) is 0 Å². The number of halogens is 1. The van der Waals surface area contributed by atoms with Crippen molar-refractivity contribution in [2.24, 2.45) is 0 Å². The average molecular weight is 225 g/mol. The monoisotopic (exact) mass is 224 g/mol. The molecule has 2 heterocycles. The number of nitrogens with zero attached hydrogens (tertiary/aromatic N) is 2. The molecule has 0 aromatic carbocycles. The van der Waals surface area contributed by atoms with Crippen LogP contribution in [0.25, 0.3) is 10.9 Å². The van der Waals surface area contributed by atoms with E-state index in [2.05, 4.69) is 21.1 Å². The number of pyridine rings is 1. The molecule has 12 heavy (non-hydrogen) atoms. The van der Waals surface area contributed by atoms with E-state index < -0.39 is 0 Å². The van der Waals surface area contributed by atoms with Crippen molar-refractivity contribution < 1.29 is 4.79 Å². The van der Waals surface area contributed by atoms with Gasteiger partial charge in [0.1, 0.15) is 0 Å². The molecule has 0 amide bonds. The van der Waals surface area contributed by atoms with Crippen LogP contribution in [0.4, 0.5) is 0 Å². The number of hydrogen-bond donors (Lipinski definition) is 0. The molecule has 0 aliphatic rings. The minimum Gasteiger partial charge on any atom is -0.298 e. The van der Waals surface area contributed by atoms with Crippen LogP contribution < -0.4 is 0 Å². The normalized spacial score (nSPS) is 10.4. The van der Waals surface area contributed by atoms with Crippen molar-refractivity contribution in [2.45, 2.75) is 0 Å². The lowest BCUT2D eigenvalue weighted by atomic mass is 10.2. The Morgan fingerprint density at radius 3 is 3.17 bits per heavy atom. The van der Waals surface area contributed by atoms with Gasteiger partial charge in [0.05, 0.1) is 21.7 Å². The first-order valence-corrected chi connectivity index (χ1v) is 4.10. The molecular formula is C8H5BrN2O. The Hall–Kier alpha value is -1.16. The van der Waals surface area contributed by atoms with Gasteiger partial charge in [-0.3, -0.25) is 13.4 Å². The fourth-order valence-corrected chi connectivity index (χ4v) is 1.68. The van der Waals surface area contributed by atoms with Crippen LogP contribution >= 0.6 is 16.1 Å². The van der Waals surface area contributed by atoms with E-state index in [0.29, 0.717) is 5.56 Å². The van der Waals surface area contributed by atoms with Gasteiger partial charge in [-0.15, -0.1) is 0 Å². The zero-order valence-electron chi connectivity index (χ0n) is 6.07. The minimum atomic E-state index is 0.648. The van der Waals surface area contributed by atoms with Gasteiger partial charge in [0.15, 0.2) is 6.29 Å². The Morgan fingerprint density at radius 2 is 2.42 bits per heavy atom.